The van der Waals surface area contributed by atoms with E-state index in [0.717, 1.165) is 27.8 Å². The molecule has 0 unspecified atom stereocenters. The highest BCUT2D eigenvalue weighted by Gasteiger charge is 2.16. The number of nitrogens with zero attached hydrogens (tertiary/aromatic N) is 2. The second-order valence-corrected chi connectivity index (χ2v) is 7.13. The highest BCUT2D eigenvalue weighted by Crippen LogP contribution is 2.19. The topological polar surface area (TPSA) is 89.2 Å². The van der Waals surface area contributed by atoms with Crippen LogP contribution in [0.15, 0.2) is 65.3 Å². The lowest BCUT2D eigenvalue weighted by Gasteiger charge is -2.12. The summed E-state index contributed by atoms with van der Waals surface area (Å²) in [5, 5.41) is 5.76. The number of anilines is 1. The van der Waals surface area contributed by atoms with Gasteiger partial charge in [-0.3, -0.25) is 9.59 Å². The lowest BCUT2D eigenvalue weighted by Crippen LogP contribution is -2.26. The molecule has 0 bridgehead atoms. The number of hydrogen-bond donors (Lipinski definition) is 2. The van der Waals surface area contributed by atoms with Crippen LogP contribution in [0.2, 0.25) is 0 Å². The number of amides is 2. The Labute approximate surface area is 173 Å². The molecule has 0 atom stereocenters. The molecular formula is C23H22N4O3. The average molecular weight is 402 g/mol. The Morgan fingerprint density at radius 3 is 2.67 bits per heavy atom. The van der Waals surface area contributed by atoms with Crippen molar-refractivity contribution in [3.8, 4) is 0 Å². The molecule has 0 saturated heterocycles. The van der Waals surface area contributed by atoms with Gasteiger partial charge in [-0.05, 0) is 49.7 Å². The normalized spacial score (nSPS) is 10.9. The Balaban J connectivity index is 1.55. The monoisotopic (exact) mass is 402 g/mol. The number of carbonyl (C=O) groups is 2. The average Bonchev–Trinajstić information content (AvgIpc) is 3.37. The van der Waals surface area contributed by atoms with Gasteiger partial charge in [0.05, 0.1) is 23.8 Å². The first kappa shape index (κ1) is 19.4. The summed E-state index contributed by atoms with van der Waals surface area (Å²) in [6.45, 7) is 4.23. The zero-order valence-electron chi connectivity index (χ0n) is 16.8. The Morgan fingerprint density at radius 1 is 1.07 bits per heavy atom. The molecule has 7 nitrogen and oxygen atoms in total. The van der Waals surface area contributed by atoms with Crippen LogP contribution in [-0.4, -0.2) is 21.4 Å². The third kappa shape index (κ3) is 4.10. The SMILES string of the molecule is Cc1ccc(NC(=O)Cn2c(CNC(=O)c3ccco3)nc3ccccc32)c(C)c1. The summed E-state index contributed by atoms with van der Waals surface area (Å²) < 4.78 is 6.94. The molecule has 2 aromatic carbocycles. The van der Waals surface area contributed by atoms with Gasteiger partial charge >= 0.3 is 0 Å². The molecule has 152 valence electrons. The van der Waals surface area contributed by atoms with Crippen LogP contribution in [0.3, 0.4) is 0 Å². The van der Waals surface area contributed by atoms with E-state index < -0.39 is 0 Å². The van der Waals surface area contributed by atoms with Crippen molar-refractivity contribution in [2.45, 2.75) is 26.9 Å². The first-order valence-electron chi connectivity index (χ1n) is 9.64. The van der Waals surface area contributed by atoms with Gasteiger partial charge in [0.25, 0.3) is 5.91 Å². The van der Waals surface area contributed by atoms with E-state index in [1.54, 1.807) is 12.1 Å². The van der Waals surface area contributed by atoms with E-state index in [9.17, 15) is 9.59 Å². The number of rotatable bonds is 6. The van der Waals surface area contributed by atoms with Crippen LogP contribution in [0, 0.1) is 13.8 Å². The molecule has 4 rings (SSSR count). The van der Waals surface area contributed by atoms with Gasteiger partial charge in [0.1, 0.15) is 12.4 Å². The highest BCUT2D eigenvalue weighted by atomic mass is 16.3. The summed E-state index contributed by atoms with van der Waals surface area (Å²) in [4.78, 5) is 29.6. The zero-order valence-corrected chi connectivity index (χ0v) is 16.8. The van der Waals surface area contributed by atoms with Crippen molar-refractivity contribution < 1.29 is 14.0 Å². The molecule has 0 aliphatic carbocycles. The maximum absolute atomic E-state index is 12.8. The summed E-state index contributed by atoms with van der Waals surface area (Å²) in [6, 6.07) is 16.7. The number of aryl methyl sites for hydroxylation is 2. The van der Waals surface area contributed by atoms with E-state index >= 15 is 0 Å². The summed E-state index contributed by atoms with van der Waals surface area (Å²) in [5.74, 6) is 0.319. The minimum Gasteiger partial charge on any atom is -0.459 e. The third-order valence-corrected chi connectivity index (χ3v) is 4.84. The number of imidazole rings is 1. The minimum absolute atomic E-state index is 0.0831. The second-order valence-electron chi connectivity index (χ2n) is 7.13. The largest absolute Gasteiger partial charge is 0.459 e. The number of aromatic nitrogens is 2. The van der Waals surface area contributed by atoms with E-state index in [-0.39, 0.29) is 30.7 Å². The molecule has 0 spiro atoms. The molecule has 0 radical (unpaired) electrons. The fourth-order valence-corrected chi connectivity index (χ4v) is 3.38. The fraction of sp³-hybridized carbons (Fsp3) is 0.174. The number of hydrogen-bond acceptors (Lipinski definition) is 4. The fourth-order valence-electron chi connectivity index (χ4n) is 3.38. The minimum atomic E-state index is -0.335. The smallest absolute Gasteiger partial charge is 0.287 e. The van der Waals surface area contributed by atoms with Crippen LogP contribution in [0.4, 0.5) is 5.69 Å². The predicted octanol–water partition coefficient (Wildman–Crippen LogP) is 3.81. The van der Waals surface area contributed by atoms with Gasteiger partial charge in [-0.1, -0.05) is 29.8 Å². The molecule has 0 saturated carbocycles. The molecular weight excluding hydrogens is 380 g/mol. The van der Waals surface area contributed by atoms with Crippen molar-refractivity contribution in [2.75, 3.05) is 5.32 Å². The van der Waals surface area contributed by atoms with E-state index in [0.29, 0.717) is 5.82 Å². The number of furan rings is 1. The first-order chi connectivity index (χ1) is 14.5. The number of nitrogens with one attached hydrogen (secondary N) is 2. The molecule has 0 aliphatic heterocycles. The Hall–Kier alpha value is -3.87. The molecule has 4 aromatic rings. The maximum atomic E-state index is 12.8. The molecule has 2 amide bonds. The van der Waals surface area contributed by atoms with E-state index in [2.05, 4.69) is 15.6 Å². The summed E-state index contributed by atoms with van der Waals surface area (Å²) in [5.41, 5.74) is 4.52. The lowest BCUT2D eigenvalue weighted by molar-refractivity contribution is -0.116. The van der Waals surface area contributed by atoms with Crippen molar-refractivity contribution in [2.24, 2.45) is 0 Å². The maximum Gasteiger partial charge on any atom is 0.287 e. The Bertz CT molecular complexity index is 1210. The Kier molecular flexibility index (Phi) is 5.34. The van der Waals surface area contributed by atoms with Crippen molar-refractivity contribution in [3.63, 3.8) is 0 Å². The van der Waals surface area contributed by atoms with Crippen LogP contribution in [0.5, 0.6) is 0 Å². The van der Waals surface area contributed by atoms with Crippen LogP contribution < -0.4 is 10.6 Å². The molecule has 2 aromatic heterocycles. The van der Waals surface area contributed by atoms with E-state index in [1.807, 2.05) is 60.9 Å². The standard InChI is InChI=1S/C23H22N4O3/c1-15-9-10-17(16(2)12-15)26-22(28)14-27-19-7-4-3-6-18(19)25-21(27)13-24-23(29)20-8-5-11-30-20/h3-12H,13-14H2,1-2H3,(H,24,29)(H,26,28). The van der Waals surface area contributed by atoms with Crippen LogP contribution in [0.1, 0.15) is 27.5 Å². The second kappa shape index (κ2) is 8.24. The molecule has 7 heteroatoms. The van der Waals surface area contributed by atoms with Crippen molar-refractivity contribution >= 4 is 28.5 Å². The van der Waals surface area contributed by atoms with E-state index in [4.69, 9.17) is 4.42 Å². The summed E-state index contributed by atoms with van der Waals surface area (Å²) >= 11 is 0. The zero-order chi connectivity index (χ0) is 21.1. The number of fused-ring (bicyclic) bond motifs is 1. The van der Waals surface area contributed by atoms with Gasteiger partial charge in [0.15, 0.2) is 5.76 Å². The quantitative estimate of drug-likeness (QED) is 0.513. The van der Waals surface area contributed by atoms with Crippen molar-refractivity contribution in [3.05, 3.63) is 83.6 Å². The highest BCUT2D eigenvalue weighted by molar-refractivity contribution is 5.93. The van der Waals surface area contributed by atoms with Gasteiger partial charge in [0, 0.05) is 5.69 Å². The van der Waals surface area contributed by atoms with Crippen LogP contribution in [0.25, 0.3) is 11.0 Å². The predicted molar refractivity (Wildman–Crippen MR) is 114 cm³/mol. The molecule has 2 heterocycles. The van der Waals surface area contributed by atoms with Crippen molar-refractivity contribution in [1.82, 2.24) is 14.9 Å². The molecule has 30 heavy (non-hydrogen) atoms. The lowest BCUT2D eigenvalue weighted by atomic mass is 10.1. The van der Waals surface area contributed by atoms with Gasteiger partial charge in [-0.15, -0.1) is 0 Å². The van der Waals surface area contributed by atoms with Crippen LogP contribution in [-0.2, 0) is 17.9 Å². The number of benzene rings is 2. The van der Waals surface area contributed by atoms with Gasteiger partial charge in [-0.25, -0.2) is 4.98 Å². The van der Waals surface area contributed by atoms with Crippen molar-refractivity contribution in [1.29, 1.82) is 0 Å². The molecule has 0 aliphatic rings. The van der Waals surface area contributed by atoms with Crippen LogP contribution >= 0.6 is 0 Å². The Morgan fingerprint density at radius 2 is 1.90 bits per heavy atom. The summed E-state index contributed by atoms with van der Waals surface area (Å²) in [6.07, 6.45) is 1.45. The molecule has 0 fully saturated rings. The van der Waals surface area contributed by atoms with E-state index in [1.165, 1.54) is 6.26 Å². The number of para-hydroxylation sites is 2. The third-order valence-electron chi connectivity index (χ3n) is 4.84. The number of carbonyl (C=O) groups excluding carboxylic acids is 2. The van der Waals surface area contributed by atoms with Gasteiger partial charge in [0.2, 0.25) is 5.91 Å². The van der Waals surface area contributed by atoms with Gasteiger partial charge in [-0.2, -0.15) is 0 Å². The summed E-state index contributed by atoms with van der Waals surface area (Å²) in [7, 11) is 0. The molecule has 2 N–H and O–H groups in total. The first-order valence-corrected chi connectivity index (χ1v) is 9.64. The van der Waals surface area contributed by atoms with Gasteiger partial charge < -0.3 is 19.6 Å².